The number of hydrogen-bond donors (Lipinski definition) is 0. The van der Waals surface area contributed by atoms with Crippen LogP contribution in [0.5, 0.6) is 6.01 Å². The van der Waals surface area contributed by atoms with Gasteiger partial charge in [-0.3, -0.25) is 9.88 Å². The van der Waals surface area contributed by atoms with Gasteiger partial charge in [-0.1, -0.05) is 42.8 Å². The second-order valence-electron chi connectivity index (χ2n) is 13.1. The Morgan fingerprint density at radius 1 is 1.07 bits per heavy atom. The van der Waals surface area contributed by atoms with Gasteiger partial charge in [-0.25, -0.2) is 8.78 Å². The minimum atomic E-state index is -0.580. The Balaban J connectivity index is 1.25. The van der Waals surface area contributed by atoms with Gasteiger partial charge in [-0.05, 0) is 74.3 Å². The van der Waals surface area contributed by atoms with Crippen molar-refractivity contribution in [3.05, 3.63) is 53.2 Å². The Morgan fingerprint density at radius 2 is 1.90 bits per heavy atom. The second kappa shape index (κ2) is 9.98. The standard InChI is InChI=1S/C33H34ClF2N5O/c1-19-13-33(10-3-11-41(33)15-19)18-42-32-38-30-24(31(39-32)40-16-20-6-7-21(12-20)17-40)14-37-29(28(30)36)23-5-2-4-22-8-9-25(35)27(34)26(22)23/h2,4-5,8-9,14,19-21H,3,6-7,10-13,15-18H2,1H3/t19-,20?,21?,33+/m1/s1. The van der Waals surface area contributed by atoms with Crippen molar-refractivity contribution in [2.24, 2.45) is 17.8 Å². The number of rotatable bonds is 5. The molecule has 3 aliphatic heterocycles. The summed E-state index contributed by atoms with van der Waals surface area (Å²) in [7, 11) is 0. The molecule has 2 aromatic heterocycles. The fourth-order valence-electron chi connectivity index (χ4n) is 8.42. The van der Waals surface area contributed by atoms with Crippen LogP contribution in [0.3, 0.4) is 0 Å². The number of hydrogen-bond acceptors (Lipinski definition) is 6. The number of pyridine rings is 1. The van der Waals surface area contributed by atoms with Gasteiger partial charge >= 0.3 is 6.01 Å². The molecule has 1 saturated carbocycles. The number of anilines is 1. The van der Waals surface area contributed by atoms with Crippen LogP contribution in [0, 0.1) is 29.4 Å². The fourth-order valence-corrected chi connectivity index (χ4v) is 8.70. The van der Waals surface area contributed by atoms with E-state index in [4.69, 9.17) is 21.3 Å². The molecular formula is C33H34ClF2N5O. The summed E-state index contributed by atoms with van der Waals surface area (Å²) < 4.78 is 37.6. The smallest absolute Gasteiger partial charge is 0.319 e. The van der Waals surface area contributed by atoms with E-state index in [1.165, 1.54) is 25.3 Å². The molecule has 4 aliphatic rings. The van der Waals surface area contributed by atoms with Crippen LogP contribution >= 0.6 is 11.6 Å². The van der Waals surface area contributed by atoms with Gasteiger partial charge in [0.1, 0.15) is 29.5 Å². The van der Waals surface area contributed by atoms with Crippen molar-refractivity contribution in [2.45, 2.75) is 51.0 Å². The van der Waals surface area contributed by atoms with Crippen LogP contribution in [0.15, 0.2) is 36.5 Å². The molecule has 2 bridgehead atoms. The molecule has 6 nitrogen and oxygen atoms in total. The molecule has 3 saturated heterocycles. The van der Waals surface area contributed by atoms with Crippen LogP contribution in [0.1, 0.15) is 45.4 Å². The van der Waals surface area contributed by atoms with E-state index in [1.54, 1.807) is 24.4 Å². The van der Waals surface area contributed by atoms with Crippen LogP contribution in [-0.2, 0) is 0 Å². The highest BCUT2D eigenvalue weighted by atomic mass is 35.5. The second-order valence-corrected chi connectivity index (χ2v) is 13.5. The Morgan fingerprint density at radius 3 is 2.74 bits per heavy atom. The fraction of sp³-hybridized carbons (Fsp3) is 0.485. The van der Waals surface area contributed by atoms with E-state index in [-0.39, 0.29) is 27.8 Å². The summed E-state index contributed by atoms with van der Waals surface area (Å²) in [5.41, 5.74) is 0.673. The molecule has 2 aromatic carbocycles. The van der Waals surface area contributed by atoms with Gasteiger partial charge in [0, 0.05) is 36.8 Å². The topological polar surface area (TPSA) is 54.4 Å². The SMILES string of the molecule is C[C@H]1CN2CCC[C@@]2(COc2nc(N3CC4CCC(C4)C3)c3cnc(-c4cccc5ccc(F)c(Cl)c45)c(F)c3n2)C1. The summed E-state index contributed by atoms with van der Waals surface area (Å²) in [6, 6.07) is 8.52. The zero-order valence-corrected chi connectivity index (χ0v) is 24.5. The third-order valence-electron chi connectivity index (χ3n) is 10.2. The van der Waals surface area contributed by atoms with E-state index in [2.05, 4.69) is 26.7 Å². The zero-order chi connectivity index (χ0) is 28.6. The highest BCUT2D eigenvalue weighted by Crippen LogP contribution is 2.44. The summed E-state index contributed by atoms with van der Waals surface area (Å²) in [6.07, 6.45) is 8.69. The summed E-state index contributed by atoms with van der Waals surface area (Å²) >= 11 is 6.41. The maximum atomic E-state index is 16.6. The Bertz CT molecular complexity index is 1710. The van der Waals surface area contributed by atoms with Crippen molar-refractivity contribution in [2.75, 3.05) is 37.7 Å². The first-order chi connectivity index (χ1) is 20.4. The number of nitrogens with zero attached hydrogens (tertiary/aromatic N) is 5. The molecule has 4 atom stereocenters. The molecule has 42 heavy (non-hydrogen) atoms. The summed E-state index contributed by atoms with van der Waals surface area (Å²) in [4.78, 5) is 19.0. The largest absolute Gasteiger partial charge is 0.461 e. The molecule has 0 spiro atoms. The molecule has 1 aliphatic carbocycles. The molecule has 4 fully saturated rings. The Labute approximate surface area is 249 Å². The molecule has 4 aromatic rings. The van der Waals surface area contributed by atoms with Crippen molar-refractivity contribution in [1.82, 2.24) is 19.9 Å². The number of piperidine rings is 1. The number of halogens is 3. The molecule has 0 N–H and O–H groups in total. The van der Waals surface area contributed by atoms with Gasteiger partial charge in [-0.15, -0.1) is 0 Å². The molecule has 9 heteroatoms. The van der Waals surface area contributed by atoms with Crippen LogP contribution in [-0.4, -0.2) is 58.2 Å². The first-order valence-corrected chi connectivity index (χ1v) is 15.6. The van der Waals surface area contributed by atoms with Gasteiger partial charge in [0.15, 0.2) is 5.82 Å². The predicted molar refractivity (Wildman–Crippen MR) is 161 cm³/mol. The monoisotopic (exact) mass is 589 g/mol. The maximum absolute atomic E-state index is 16.6. The molecule has 2 unspecified atom stereocenters. The van der Waals surface area contributed by atoms with E-state index in [0.717, 1.165) is 45.4 Å². The van der Waals surface area contributed by atoms with E-state index in [0.29, 0.717) is 51.9 Å². The van der Waals surface area contributed by atoms with Crippen LogP contribution < -0.4 is 9.64 Å². The third-order valence-corrected chi connectivity index (χ3v) is 10.6. The Hall–Kier alpha value is -3.10. The van der Waals surface area contributed by atoms with Crippen molar-refractivity contribution in [1.29, 1.82) is 0 Å². The predicted octanol–water partition coefficient (Wildman–Crippen LogP) is 7.27. The third kappa shape index (κ3) is 4.24. The van der Waals surface area contributed by atoms with Crippen LogP contribution in [0.4, 0.5) is 14.6 Å². The number of benzene rings is 2. The van der Waals surface area contributed by atoms with E-state index in [9.17, 15) is 4.39 Å². The van der Waals surface area contributed by atoms with Crippen molar-refractivity contribution < 1.29 is 13.5 Å². The Kier molecular flexibility index (Phi) is 6.30. The van der Waals surface area contributed by atoms with E-state index >= 15 is 4.39 Å². The molecule has 0 radical (unpaired) electrons. The van der Waals surface area contributed by atoms with Crippen molar-refractivity contribution >= 4 is 39.1 Å². The lowest BCUT2D eigenvalue weighted by atomic mass is 9.92. The van der Waals surface area contributed by atoms with Crippen molar-refractivity contribution in [3.63, 3.8) is 0 Å². The van der Waals surface area contributed by atoms with Gasteiger partial charge < -0.3 is 9.64 Å². The number of aromatic nitrogens is 3. The van der Waals surface area contributed by atoms with Gasteiger partial charge in [-0.2, -0.15) is 9.97 Å². The van der Waals surface area contributed by atoms with E-state index in [1.807, 2.05) is 6.07 Å². The van der Waals surface area contributed by atoms with Crippen LogP contribution in [0.25, 0.3) is 32.9 Å². The van der Waals surface area contributed by atoms with Crippen molar-refractivity contribution in [3.8, 4) is 17.3 Å². The van der Waals surface area contributed by atoms with Gasteiger partial charge in [0.05, 0.1) is 15.9 Å². The number of ether oxygens (including phenoxy) is 1. The normalized spacial score (nSPS) is 27.3. The zero-order valence-electron chi connectivity index (χ0n) is 23.8. The molecule has 0 amide bonds. The minimum absolute atomic E-state index is 0.00610. The number of fused-ring (bicyclic) bond motifs is 5. The van der Waals surface area contributed by atoms with Gasteiger partial charge in [0.25, 0.3) is 0 Å². The molecule has 8 rings (SSSR count). The summed E-state index contributed by atoms with van der Waals surface area (Å²) in [5, 5.41) is 1.66. The maximum Gasteiger partial charge on any atom is 0.319 e. The minimum Gasteiger partial charge on any atom is -0.461 e. The highest BCUT2D eigenvalue weighted by molar-refractivity contribution is 6.36. The first-order valence-electron chi connectivity index (χ1n) is 15.2. The average molecular weight is 590 g/mol. The lowest BCUT2D eigenvalue weighted by molar-refractivity contribution is 0.107. The van der Waals surface area contributed by atoms with Gasteiger partial charge in [0.2, 0.25) is 0 Å². The lowest BCUT2D eigenvalue weighted by Gasteiger charge is -2.34. The lowest BCUT2D eigenvalue weighted by Crippen LogP contribution is -2.43. The van der Waals surface area contributed by atoms with E-state index < -0.39 is 11.6 Å². The average Bonchev–Trinajstić information content (AvgIpc) is 3.64. The summed E-state index contributed by atoms with van der Waals surface area (Å²) in [5.74, 6) is 1.41. The molecular weight excluding hydrogens is 556 g/mol. The first kappa shape index (κ1) is 26.5. The molecule has 5 heterocycles. The highest BCUT2D eigenvalue weighted by Gasteiger charge is 2.48. The molecule has 218 valence electrons. The summed E-state index contributed by atoms with van der Waals surface area (Å²) in [6.45, 7) is 6.74. The quantitative estimate of drug-likeness (QED) is 0.244. The van der Waals surface area contributed by atoms with Crippen LogP contribution in [0.2, 0.25) is 5.02 Å².